The summed E-state index contributed by atoms with van der Waals surface area (Å²) >= 11 is 0. The molecule has 164 valence electrons. The summed E-state index contributed by atoms with van der Waals surface area (Å²) in [5.74, 6) is 0.747. The second-order valence-electron chi connectivity index (χ2n) is 8.75. The molecule has 35 heavy (non-hydrogen) atoms. The van der Waals surface area contributed by atoms with Crippen molar-refractivity contribution in [2.45, 2.75) is 0 Å². The zero-order chi connectivity index (χ0) is 23.2. The Morgan fingerprint density at radius 1 is 0.486 bits per heavy atom. The van der Waals surface area contributed by atoms with Gasteiger partial charge in [0.25, 0.3) is 0 Å². The lowest BCUT2D eigenvalue weighted by Gasteiger charge is -2.10. The number of aromatic nitrogens is 3. The van der Waals surface area contributed by atoms with Crippen LogP contribution in [0.5, 0.6) is 0 Å². The highest BCUT2D eigenvalue weighted by molar-refractivity contribution is 6.09. The summed E-state index contributed by atoms with van der Waals surface area (Å²) in [6.07, 6.45) is 1.89. The van der Waals surface area contributed by atoms with Gasteiger partial charge in [-0.25, -0.2) is 9.97 Å². The zero-order valence-electron chi connectivity index (χ0n) is 19.0. The first-order valence-corrected chi connectivity index (χ1v) is 11.8. The maximum absolute atomic E-state index is 4.72. The van der Waals surface area contributed by atoms with Gasteiger partial charge in [-0.3, -0.25) is 0 Å². The summed E-state index contributed by atoms with van der Waals surface area (Å²) < 4.78 is 2.34. The minimum Gasteiger partial charge on any atom is -0.309 e. The Kier molecular flexibility index (Phi) is 4.46. The number of nitrogens with zero attached hydrogens (tertiary/aromatic N) is 3. The molecule has 0 fully saturated rings. The fourth-order valence-corrected chi connectivity index (χ4v) is 4.93. The quantitative estimate of drug-likeness (QED) is 0.274. The Morgan fingerprint density at radius 2 is 1.03 bits per heavy atom. The SMILES string of the molecule is c1ccc2nc(-c3ccc(-c4ccc(-n5c6ccccc6c6ccccc65)cc4)cc3)ncc2c1. The summed E-state index contributed by atoms with van der Waals surface area (Å²) in [7, 11) is 0. The van der Waals surface area contributed by atoms with Crippen LogP contribution >= 0.6 is 0 Å². The maximum Gasteiger partial charge on any atom is 0.159 e. The van der Waals surface area contributed by atoms with Crippen molar-refractivity contribution in [3.05, 3.63) is 128 Å². The van der Waals surface area contributed by atoms with Gasteiger partial charge in [-0.05, 0) is 41.5 Å². The summed E-state index contributed by atoms with van der Waals surface area (Å²) in [6, 6.07) is 42.5. The molecule has 0 bridgehead atoms. The van der Waals surface area contributed by atoms with E-state index in [1.807, 2.05) is 30.5 Å². The highest BCUT2D eigenvalue weighted by Crippen LogP contribution is 2.32. The van der Waals surface area contributed by atoms with Gasteiger partial charge in [0.2, 0.25) is 0 Å². The molecular formula is C32H21N3. The number of fused-ring (bicyclic) bond motifs is 4. The molecule has 0 atom stereocenters. The Hall–Kier alpha value is -4.76. The predicted octanol–water partition coefficient (Wildman–Crippen LogP) is 8.06. The molecule has 0 saturated heterocycles. The van der Waals surface area contributed by atoms with Crippen LogP contribution in [0.1, 0.15) is 0 Å². The Balaban J connectivity index is 1.24. The van der Waals surface area contributed by atoms with E-state index in [1.54, 1.807) is 0 Å². The van der Waals surface area contributed by atoms with Gasteiger partial charge in [0.15, 0.2) is 5.82 Å². The lowest BCUT2D eigenvalue weighted by Crippen LogP contribution is -1.93. The molecule has 0 radical (unpaired) electrons. The molecule has 5 aromatic carbocycles. The Labute approximate surface area is 203 Å². The number of para-hydroxylation sites is 3. The van der Waals surface area contributed by atoms with Crippen LogP contribution in [0.3, 0.4) is 0 Å². The molecule has 2 heterocycles. The van der Waals surface area contributed by atoms with E-state index in [2.05, 4.69) is 107 Å². The molecule has 0 unspecified atom stereocenters. The van der Waals surface area contributed by atoms with E-state index in [9.17, 15) is 0 Å². The van der Waals surface area contributed by atoms with Crippen molar-refractivity contribution in [2.75, 3.05) is 0 Å². The molecule has 3 nitrogen and oxygen atoms in total. The van der Waals surface area contributed by atoms with Gasteiger partial charge in [0.05, 0.1) is 16.6 Å². The van der Waals surface area contributed by atoms with Gasteiger partial charge in [-0.15, -0.1) is 0 Å². The predicted molar refractivity (Wildman–Crippen MR) is 145 cm³/mol. The van der Waals surface area contributed by atoms with Crippen molar-refractivity contribution in [3.63, 3.8) is 0 Å². The average molecular weight is 448 g/mol. The summed E-state index contributed by atoms with van der Waals surface area (Å²) in [5.41, 5.74) is 7.93. The molecule has 0 aliphatic heterocycles. The Bertz CT molecular complexity index is 1770. The first kappa shape index (κ1) is 19.7. The van der Waals surface area contributed by atoms with Gasteiger partial charge in [-0.1, -0.05) is 91.0 Å². The highest BCUT2D eigenvalue weighted by Gasteiger charge is 2.11. The molecule has 7 aromatic rings. The van der Waals surface area contributed by atoms with Crippen molar-refractivity contribution in [1.82, 2.24) is 14.5 Å². The third-order valence-corrected chi connectivity index (χ3v) is 6.67. The standard InChI is InChI=1S/C32H21N3/c1-4-10-29-25(7-1)21-33-32(34-29)24-15-13-22(14-16-24)23-17-19-26(20-18-23)35-30-11-5-2-8-27(30)28-9-3-6-12-31(28)35/h1-21H. The van der Waals surface area contributed by atoms with Crippen LogP contribution in [-0.2, 0) is 0 Å². The average Bonchev–Trinajstić information content (AvgIpc) is 3.27. The number of benzene rings is 5. The van der Waals surface area contributed by atoms with Gasteiger partial charge in [0, 0.05) is 33.6 Å². The van der Waals surface area contributed by atoms with E-state index in [-0.39, 0.29) is 0 Å². The monoisotopic (exact) mass is 447 g/mol. The normalized spacial score (nSPS) is 11.4. The second kappa shape index (κ2) is 7.93. The second-order valence-corrected chi connectivity index (χ2v) is 8.75. The van der Waals surface area contributed by atoms with Crippen molar-refractivity contribution >= 4 is 32.7 Å². The van der Waals surface area contributed by atoms with Crippen LogP contribution in [0.15, 0.2) is 128 Å². The van der Waals surface area contributed by atoms with Gasteiger partial charge in [-0.2, -0.15) is 0 Å². The van der Waals surface area contributed by atoms with Crippen molar-refractivity contribution in [2.24, 2.45) is 0 Å². The summed E-state index contributed by atoms with van der Waals surface area (Å²) in [5, 5.41) is 3.61. The van der Waals surface area contributed by atoms with Gasteiger partial charge in [0.1, 0.15) is 0 Å². The maximum atomic E-state index is 4.72. The fourth-order valence-electron chi connectivity index (χ4n) is 4.93. The fraction of sp³-hybridized carbons (Fsp3) is 0. The van der Waals surface area contributed by atoms with E-state index in [1.165, 1.54) is 32.9 Å². The number of rotatable bonds is 3. The van der Waals surface area contributed by atoms with Crippen LogP contribution in [0.2, 0.25) is 0 Å². The molecule has 0 aliphatic carbocycles. The molecule has 0 saturated carbocycles. The van der Waals surface area contributed by atoms with Gasteiger partial charge >= 0.3 is 0 Å². The van der Waals surface area contributed by atoms with E-state index in [0.29, 0.717) is 0 Å². The molecule has 0 N–H and O–H groups in total. The molecule has 7 rings (SSSR count). The lowest BCUT2D eigenvalue weighted by molar-refractivity contribution is 1.18. The summed E-state index contributed by atoms with van der Waals surface area (Å²) in [4.78, 5) is 9.28. The topological polar surface area (TPSA) is 30.7 Å². The number of hydrogen-bond acceptors (Lipinski definition) is 2. The van der Waals surface area contributed by atoms with E-state index in [4.69, 9.17) is 4.98 Å². The summed E-state index contributed by atoms with van der Waals surface area (Å²) in [6.45, 7) is 0. The van der Waals surface area contributed by atoms with E-state index in [0.717, 1.165) is 28.0 Å². The van der Waals surface area contributed by atoms with E-state index < -0.39 is 0 Å². The van der Waals surface area contributed by atoms with Crippen LogP contribution in [0.25, 0.3) is 60.9 Å². The minimum atomic E-state index is 0.747. The van der Waals surface area contributed by atoms with Crippen molar-refractivity contribution < 1.29 is 0 Å². The zero-order valence-corrected chi connectivity index (χ0v) is 19.0. The molecule has 0 spiro atoms. The molecular weight excluding hydrogens is 426 g/mol. The van der Waals surface area contributed by atoms with Crippen molar-refractivity contribution in [3.8, 4) is 28.2 Å². The molecule has 0 aliphatic rings. The molecule has 2 aromatic heterocycles. The minimum absolute atomic E-state index is 0.747. The van der Waals surface area contributed by atoms with Crippen LogP contribution in [0, 0.1) is 0 Å². The third kappa shape index (κ3) is 3.29. The largest absolute Gasteiger partial charge is 0.309 e. The van der Waals surface area contributed by atoms with Crippen LogP contribution in [-0.4, -0.2) is 14.5 Å². The molecule has 0 amide bonds. The van der Waals surface area contributed by atoms with Crippen LogP contribution < -0.4 is 0 Å². The smallest absolute Gasteiger partial charge is 0.159 e. The first-order valence-electron chi connectivity index (χ1n) is 11.8. The lowest BCUT2D eigenvalue weighted by atomic mass is 10.0. The Morgan fingerprint density at radius 3 is 1.71 bits per heavy atom. The first-order chi connectivity index (χ1) is 17.3. The van der Waals surface area contributed by atoms with E-state index >= 15 is 0 Å². The van der Waals surface area contributed by atoms with Gasteiger partial charge < -0.3 is 4.57 Å². The number of hydrogen-bond donors (Lipinski definition) is 0. The molecule has 3 heteroatoms. The van der Waals surface area contributed by atoms with Crippen LogP contribution in [0.4, 0.5) is 0 Å². The highest BCUT2D eigenvalue weighted by atomic mass is 15.0. The van der Waals surface area contributed by atoms with Crippen molar-refractivity contribution in [1.29, 1.82) is 0 Å². The third-order valence-electron chi connectivity index (χ3n) is 6.67.